The lowest BCUT2D eigenvalue weighted by Crippen LogP contribution is -2.14. The summed E-state index contributed by atoms with van der Waals surface area (Å²) in [6, 6.07) is 6.50. The van der Waals surface area contributed by atoms with Gasteiger partial charge in [0.25, 0.3) is 0 Å². The SMILES string of the molecule is CCNCc1cc(Br)cc(C)c1OCCCC(C)(C)C#N. The number of rotatable bonds is 8. The van der Waals surface area contributed by atoms with Crippen LogP contribution in [0.25, 0.3) is 0 Å². The zero-order chi connectivity index (χ0) is 15.9. The largest absolute Gasteiger partial charge is 0.493 e. The number of hydrogen-bond acceptors (Lipinski definition) is 3. The van der Waals surface area contributed by atoms with Gasteiger partial charge < -0.3 is 10.1 Å². The van der Waals surface area contributed by atoms with Crippen LogP contribution in [0.3, 0.4) is 0 Å². The molecule has 1 aromatic carbocycles. The van der Waals surface area contributed by atoms with E-state index in [2.05, 4.69) is 53.3 Å². The summed E-state index contributed by atoms with van der Waals surface area (Å²) >= 11 is 3.54. The third kappa shape index (κ3) is 6.07. The topological polar surface area (TPSA) is 45.0 Å². The fourth-order valence-electron chi connectivity index (χ4n) is 2.14. The van der Waals surface area contributed by atoms with Crippen LogP contribution in [0, 0.1) is 23.7 Å². The first-order valence-electron chi connectivity index (χ1n) is 7.43. The second kappa shape index (κ2) is 8.41. The van der Waals surface area contributed by atoms with Gasteiger partial charge in [-0.05, 0) is 57.9 Å². The van der Waals surface area contributed by atoms with E-state index in [-0.39, 0.29) is 5.41 Å². The number of aryl methyl sites for hydroxylation is 1. The molecule has 4 heteroatoms. The van der Waals surface area contributed by atoms with E-state index in [0.717, 1.165) is 41.7 Å². The Hall–Kier alpha value is -1.05. The Morgan fingerprint density at radius 3 is 2.71 bits per heavy atom. The monoisotopic (exact) mass is 352 g/mol. The van der Waals surface area contributed by atoms with E-state index < -0.39 is 0 Å². The van der Waals surface area contributed by atoms with Crippen LogP contribution in [-0.2, 0) is 6.54 Å². The van der Waals surface area contributed by atoms with Crippen molar-refractivity contribution < 1.29 is 4.74 Å². The molecule has 1 N–H and O–H groups in total. The third-order valence-electron chi connectivity index (χ3n) is 3.38. The molecule has 0 aliphatic heterocycles. The number of hydrogen-bond donors (Lipinski definition) is 1. The number of nitrogens with zero attached hydrogens (tertiary/aromatic N) is 1. The third-order valence-corrected chi connectivity index (χ3v) is 3.83. The van der Waals surface area contributed by atoms with Gasteiger partial charge in [-0.3, -0.25) is 0 Å². The number of halogens is 1. The number of nitrogens with one attached hydrogen (secondary N) is 1. The van der Waals surface area contributed by atoms with Gasteiger partial charge >= 0.3 is 0 Å². The quantitative estimate of drug-likeness (QED) is 0.696. The van der Waals surface area contributed by atoms with Crippen molar-refractivity contribution in [3.63, 3.8) is 0 Å². The van der Waals surface area contributed by atoms with Crippen LogP contribution in [0.1, 0.15) is 44.7 Å². The van der Waals surface area contributed by atoms with Crippen LogP contribution >= 0.6 is 15.9 Å². The average molecular weight is 353 g/mol. The standard InChI is InChI=1S/C17H25BrN2O/c1-5-20-11-14-10-15(18)9-13(2)16(14)21-8-6-7-17(3,4)12-19/h9-10,20H,5-8,11H2,1-4H3. The summed E-state index contributed by atoms with van der Waals surface area (Å²) in [7, 11) is 0. The van der Waals surface area contributed by atoms with Crippen molar-refractivity contribution in [1.29, 1.82) is 5.26 Å². The molecule has 1 rings (SSSR count). The molecule has 3 nitrogen and oxygen atoms in total. The molecule has 0 saturated heterocycles. The second-order valence-electron chi connectivity index (χ2n) is 5.94. The minimum atomic E-state index is -0.273. The van der Waals surface area contributed by atoms with E-state index in [1.54, 1.807) is 0 Å². The molecule has 0 radical (unpaired) electrons. The van der Waals surface area contributed by atoms with E-state index in [0.29, 0.717) is 6.61 Å². The van der Waals surface area contributed by atoms with Gasteiger partial charge in [0.1, 0.15) is 5.75 Å². The van der Waals surface area contributed by atoms with Crippen molar-refractivity contribution in [2.75, 3.05) is 13.2 Å². The second-order valence-corrected chi connectivity index (χ2v) is 6.85. The molecular weight excluding hydrogens is 328 g/mol. The first kappa shape index (κ1) is 18.0. The molecule has 116 valence electrons. The predicted octanol–water partition coefficient (Wildman–Crippen LogP) is 4.58. The Labute approximate surface area is 136 Å². The molecule has 0 aliphatic carbocycles. The summed E-state index contributed by atoms with van der Waals surface area (Å²) in [5.41, 5.74) is 2.03. The Bertz CT molecular complexity index is 506. The van der Waals surface area contributed by atoms with E-state index in [1.807, 2.05) is 13.8 Å². The molecule has 21 heavy (non-hydrogen) atoms. The number of nitriles is 1. The Morgan fingerprint density at radius 1 is 1.38 bits per heavy atom. The van der Waals surface area contributed by atoms with Crippen LogP contribution in [0.15, 0.2) is 16.6 Å². The smallest absolute Gasteiger partial charge is 0.126 e. The normalized spacial score (nSPS) is 11.2. The van der Waals surface area contributed by atoms with Gasteiger partial charge in [0.15, 0.2) is 0 Å². The molecule has 0 spiro atoms. The predicted molar refractivity (Wildman–Crippen MR) is 90.4 cm³/mol. The van der Waals surface area contributed by atoms with Gasteiger partial charge in [-0.15, -0.1) is 0 Å². The maximum absolute atomic E-state index is 9.02. The molecule has 0 atom stereocenters. The van der Waals surface area contributed by atoms with Gasteiger partial charge in [0.05, 0.1) is 18.1 Å². The van der Waals surface area contributed by atoms with E-state index in [1.165, 1.54) is 5.56 Å². The van der Waals surface area contributed by atoms with Crippen LogP contribution in [0.5, 0.6) is 5.75 Å². The highest BCUT2D eigenvalue weighted by Crippen LogP contribution is 2.29. The Morgan fingerprint density at radius 2 is 2.10 bits per heavy atom. The fraction of sp³-hybridized carbons (Fsp3) is 0.588. The van der Waals surface area contributed by atoms with Gasteiger partial charge in [-0.1, -0.05) is 22.9 Å². The summed E-state index contributed by atoms with van der Waals surface area (Å²) < 4.78 is 7.06. The van der Waals surface area contributed by atoms with Crippen LogP contribution in [0.2, 0.25) is 0 Å². The summed E-state index contributed by atoms with van der Waals surface area (Å²) in [5.74, 6) is 0.967. The summed E-state index contributed by atoms with van der Waals surface area (Å²) in [5, 5.41) is 12.4. The molecule has 0 aliphatic rings. The number of benzene rings is 1. The maximum Gasteiger partial charge on any atom is 0.126 e. The first-order valence-corrected chi connectivity index (χ1v) is 8.22. The lowest BCUT2D eigenvalue weighted by atomic mass is 9.90. The molecule has 0 heterocycles. The maximum atomic E-state index is 9.02. The highest BCUT2D eigenvalue weighted by atomic mass is 79.9. The molecule has 0 bridgehead atoms. The van der Waals surface area contributed by atoms with Crippen LogP contribution < -0.4 is 10.1 Å². The first-order chi connectivity index (χ1) is 9.89. The molecule has 0 fully saturated rings. The molecule has 0 unspecified atom stereocenters. The zero-order valence-corrected chi connectivity index (χ0v) is 15.0. The highest BCUT2D eigenvalue weighted by molar-refractivity contribution is 9.10. The fourth-order valence-corrected chi connectivity index (χ4v) is 2.76. The minimum absolute atomic E-state index is 0.273. The van der Waals surface area contributed by atoms with Crippen molar-refractivity contribution in [2.24, 2.45) is 5.41 Å². The Balaban J connectivity index is 2.67. The lowest BCUT2D eigenvalue weighted by molar-refractivity contribution is 0.280. The van der Waals surface area contributed by atoms with E-state index >= 15 is 0 Å². The summed E-state index contributed by atoms with van der Waals surface area (Å²) in [6.45, 7) is 10.5. The zero-order valence-electron chi connectivity index (χ0n) is 13.4. The van der Waals surface area contributed by atoms with Gasteiger partial charge in [0.2, 0.25) is 0 Å². The number of ether oxygens (including phenoxy) is 1. The van der Waals surface area contributed by atoms with Crippen molar-refractivity contribution in [3.05, 3.63) is 27.7 Å². The average Bonchev–Trinajstić information content (AvgIpc) is 2.42. The summed E-state index contributed by atoms with van der Waals surface area (Å²) in [4.78, 5) is 0. The van der Waals surface area contributed by atoms with E-state index in [4.69, 9.17) is 10.00 Å². The molecule has 1 aromatic rings. The van der Waals surface area contributed by atoms with Crippen molar-refractivity contribution in [2.45, 2.75) is 47.1 Å². The highest BCUT2D eigenvalue weighted by Gasteiger charge is 2.16. The Kier molecular flexibility index (Phi) is 7.21. The molecule has 0 amide bonds. The lowest BCUT2D eigenvalue weighted by Gasteiger charge is -2.18. The molecular formula is C17H25BrN2O. The van der Waals surface area contributed by atoms with Crippen molar-refractivity contribution in [1.82, 2.24) is 5.32 Å². The van der Waals surface area contributed by atoms with Gasteiger partial charge in [-0.2, -0.15) is 5.26 Å². The minimum Gasteiger partial charge on any atom is -0.493 e. The van der Waals surface area contributed by atoms with Gasteiger partial charge in [0, 0.05) is 16.6 Å². The molecule has 0 saturated carbocycles. The summed E-state index contributed by atoms with van der Waals surface area (Å²) in [6.07, 6.45) is 1.73. The van der Waals surface area contributed by atoms with Crippen LogP contribution in [-0.4, -0.2) is 13.2 Å². The van der Waals surface area contributed by atoms with Gasteiger partial charge in [-0.25, -0.2) is 0 Å². The van der Waals surface area contributed by atoms with Crippen molar-refractivity contribution in [3.8, 4) is 11.8 Å². The molecule has 0 aromatic heterocycles. The van der Waals surface area contributed by atoms with Crippen molar-refractivity contribution >= 4 is 15.9 Å². The van der Waals surface area contributed by atoms with Crippen LogP contribution in [0.4, 0.5) is 0 Å². The van der Waals surface area contributed by atoms with E-state index in [9.17, 15) is 0 Å².